The fourth-order valence-electron chi connectivity index (χ4n) is 1.30. The minimum Gasteiger partial charge on any atom is -0.480 e. The molecule has 4 N–H and O–H groups in total. The van der Waals surface area contributed by atoms with Gasteiger partial charge in [-0.3, -0.25) is 4.79 Å². The molecule has 0 saturated heterocycles. The molecule has 0 amide bonds. The zero-order valence-electron chi connectivity index (χ0n) is 9.58. The summed E-state index contributed by atoms with van der Waals surface area (Å²) < 4.78 is 4.92. The van der Waals surface area contributed by atoms with E-state index in [0.717, 1.165) is 11.5 Å². The van der Waals surface area contributed by atoms with Crippen molar-refractivity contribution >= 4 is 22.4 Å². The van der Waals surface area contributed by atoms with E-state index in [9.17, 15) is 4.79 Å². The van der Waals surface area contributed by atoms with Crippen LogP contribution in [0.4, 0.5) is 5.13 Å². The van der Waals surface area contributed by atoms with Crippen molar-refractivity contribution in [1.82, 2.24) is 10.1 Å². The quantitative estimate of drug-likeness (QED) is 0.744. The van der Waals surface area contributed by atoms with Crippen LogP contribution in [0.25, 0.3) is 0 Å². The van der Waals surface area contributed by atoms with Gasteiger partial charge in [0.25, 0.3) is 0 Å². The van der Waals surface area contributed by atoms with E-state index in [-0.39, 0.29) is 0 Å². The Morgan fingerprint density at radius 2 is 2.50 bits per heavy atom. The van der Waals surface area contributed by atoms with Crippen molar-refractivity contribution in [1.29, 1.82) is 0 Å². The van der Waals surface area contributed by atoms with Crippen LogP contribution in [0.3, 0.4) is 0 Å². The molecule has 0 aromatic carbocycles. The number of thiazole rings is 1. The number of hydrogen-bond acceptors (Lipinski definition) is 7. The molecule has 0 bridgehead atoms. The minimum absolute atomic E-state index is 0.339. The zero-order valence-corrected chi connectivity index (χ0v) is 10.4. The predicted molar refractivity (Wildman–Crippen MR) is 65.2 cm³/mol. The Labute approximate surface area is 107 Å². The molecule has 0 aliphatic heterocycles. The lowest BCUT2D eigenvalue weighted by Crippen LogP contribution is -2.20. The third kappa shape index (κ3) is 2.84. The van der Waals surface area contributed by atoms with E-state index >= 15 is 0 Å². The summed E-state index contributed by atoms with van der Waals surface area (Å²) in [6.45, 7) is 2.27. The van der Waals surface area contributed by atoms with Gasteiger partial charge in [-0.2, -0.15) is 0 Å². The van der Waals surface area contributed by atoms with Crippen molar-refractivity contribution in [2.45, 2.75) is 19.5 Å². The van der Waals surface area contributed by atoms with Crippen molar-refractivity contribution in [3.05, 3.63) is 28.6 Å². The highest BCUT2D eigenvalue weighted by atomic mass is 32.1. The number of aryl methyl sites for hydroxylation is 1. The number of aromatic nitrogens is 2. The number of carboxylic acids is 1. The molecule has 0 fully saturated rings. The molecule has 0 aliphatic rings. The molecule has 0 spiro atoms. The Morgan fingerprint density at radius 1 is 1.72 bits per heavy atom. The van der Waals surface area contributed by atoms with E-state index in [2.05, 4.69) is 15.5 Å². The van der Waals surface area contributed by atoms with Gasteiger partial charge in [0.05, 0.1) is 12.2 Å². The van der Waals surface area contributed by atoms with Crippen molar-refractivity contribution in [3.8, 4) is 0 Å². The predicted octanol–water partition coefficient (Wildman–Crippen LogP) is 1.14. The molecule has 2 heterocycles. The lowest BCUT2D eigenvalue weighted by atomic mass is 10.2. The second kappa shape index (κ2) is 5.15. The number of carbonyl (C=O) groups is 1. The summed E-state index contributed by atoms with van der Waals surface area (Å²) >= 11 is 1.30. The maximum absolute atomic E-state index is 10.7. The fourth-order valence-corrected chi connectivity index (χ4v) is 2.05. The average molecular weight is 268 g/mol. The summed E-state index contributed by atoms with van der Waals surface area (Å²) in [5.74, 6) is -0.362. The number of nitrogens with two attached hydrogens (primary N) is 1. The van der Waals surface area contributed by atoms with Crippen molar-refractivity contribution in [2.75, 3.05) is 5.32 Å². The normalized spacial score (nSPS) is 12.3. The van der Waals surface area contributed by atoms with Crippen LogP contribution in [0.15, 0.2) is 16.0 Å². The maximum atomic E-state index is 10.7. The number of aliphatic carboxylic acids is 1. The van der Waals surface area contributed by atoms with Gasteiger partial charge in [-0.1, -0.05) is 5.16 Å². The maximum Gasteiger partial charge on any atom is 0.326 e. The monoisotopic (exact) mass is 268 g/mol. The number of carboxylic acid groups (broad SMARTS) is 1. The van der Waals surface area contributed by atoms with Crippen LogP contribution in [-0.2, 0) is 11.3 Å². The largest absolute Gasteiger partial charge is 0.480 e. The lowest BCUT2D eigenvalue weighted by Gasteiger charge is -2.01. The Hall–Kier alpha value is -1.93. The Bertz CT molecular complexity index is 551. The van der Waals surface area contributed by atoms with Crippen LogP contribution in [0, 0.1) is 6.92 Å². The van der Waals surface area contributed by atoms with Gasteiger partial charge in [-0.05, 0) is 6.92 Å². The highest BCUT2D eigenvalue weighted by Gasteiger charge is 2.17. The molecular formula is C10H12N4O3S. The molecule has 0 saturated carbocycles. The standard InChI is InChI=1S/C10H12N4O3S/c1-5-2-6(14-17-5)3-12-10-13-7(4-18-10)8(11)9(15)16/h2,4,8H,3,11H2,1H3,(H,12,13)(H,15,16). The number of rotatable bonds is 5. The van der Waals surface area contributed by atoms with Crippen molar-refractivity contribution < 1.29 is 14.4 Å². The third-order valence-corrected chi connectivity index (χ3v) is 3.02. The van der Waals surface area contributed by atoms with Gasteiger partial charge in [-0.25, -0.2) is 4.98 Å². The number of hydrogen-bond donors (Lipinski definition) is 3. The van der Waals surface area contributed by atoms with E-state index in [4.69, 9.17) is 15.4 Å². The van der Waals surface area contributed by atoms with Gasteiger partial charge >= 0.3 is 5.97 Å². The number of nitrogens with zero attached hydrogens (tertiary/aromatic N) is 2. The van der Waals surface area contributed by atoms with E-state index in [1.54, 1.807) is 5.38 Å². The van der Waals surface area contributed by atoms with Gasteiger partial charge in [0, 0.05) is 11.4 Å². The average Bonchev–Trinajstić information content (AvgIpc) is 2.94. The van der Waals surface area contributed by atoms with Crippen LogP contribution in [0.2, 0.25) is 0 Å². The number of nitrogens with one attached hydrogen (secondary N) is 1. The van der Waals surface area contributed by atoms with Crippen LogP contribution < -0.4 is 11.1 Å². The summed E-state index contributed by atoms with van der Waals surface area (Å²) in [6.07, 6.45) is 0. The van der Waals surface area contributed by atoms with Gasteiger partial charge in [0.2, 0.25) is 0 Å². The SMILES string of the molecule is Cc1cc(CNc2nc(C(N)C(=O)O)cs2)no1. The van der Waals surface area contributed by atoms with Crippen LogP contribution in [0.5, 0.6) is 0 Å². The first-order chi connectivity index (χ1) is 8.56. The van der Waals surface area contributed by atoms with E-state index in [0.29, 0.717) is 17.4 Å². The van der Waals surface area contributed by atoms with Crippen molar-refractivity contribution in [2.24, 2.45) is 5.73 Å². The zero-order chi connectivity index (χ0) is 13.1. The van der Waals surface area contributed by atoms with E-state index in [1.807, 2.05) is 13.0 Å². The third-order valence-electron chi connectivity index (χ3n) is 2.20. The van der Waals surface area contributed by atoms with E-state index < -0.39 is 12.0 Å². The highest BCUT2D eigenvalue weighted by Crippen LogP contribution is 2.20. The topological polar surface area (TPSA) is 114 Å². The highest BCUT2D eigenvalue weighted by molar-refractivity contribution is 7.13. The fraction of sp³-hybridized carbons (Fsp3) is 0.300. The van der Waals surface area contributed by atoms with Crippen LogP contribution in [0.1, 0.15) is 23.2 Å². The number of anilines is 1. The van der Waals surface area contributed by atoms with Crippen molar-refractivity contribution in [3.63, 3.8) is 0 Å². The summed E-state index contributed by atoms with van der Waals surface area (Å²) in [5.41, 5.74) is 6.55. The lowest BCUT2D eigenvalue weighted by molar-refractivity contribution is -0.138. The molecule has 96 valence electrons. The second-order valence-corrected chi connectivity index (χ2v) is 4.53. The molecular weight excluding hydrogens is 256 g/mol. The summed E-state index contributed by atoms with van der Waals surface area (Å²) in [5, 5.41) is 17.8. The minimum atomic E-state index is -1.10. The van der Waals surface area contributed by atoms with Crippen LogP contribution >= 0.6 is 11.3 Å². The van der Waals surface area contributed by atoms with Gasteiger partial charge < -0.3 is 20.7 Å². The molecule has 0 aliphatic carbocycles. The molecule has 2 rings (SSSR count). The molecule has 2 aromatic heterocycles. The van der Waals surface area contributed by atoms with Crippen LogP contribution in [-0.4, -0.2) is 21.2 Å². The summed E-state index contributed by atoms with van der Waals surface area (Å²) in [7, 11) is 0. The first-order valence-corrected chi connectivity index (χ1v) is 6.04. The molecule has 2 aromatic rings. The molecule has 0 radical (unpaired) electrons. The molecule has 1 unspecified atom stereocenters. The molecule has 1 atom stereocenters. The Morgan fingerprint density at radius 3 is 3.11 bits per heavy atom. The van der Waals surface area contributed by atoms with E-state index in [1.165, 1.54) is 11.3 Å². The van der Waals surface area contributed by atoms with Gasteiger partial charge in [0.15, 0.2) is 5.13 Å². The van der Waals surface area contributed by atoms with Gasteiger partial charge in [0.1, 0.15) is 17.5 Å². The first-order valence-electron chi connectivity index (χ1n) is 5.16. The Kier molecular flexibility index (Phi) is 3.58. The smallest absolute Gasteiger partial charge is 0.326 e. The first kappa shape index (κ1) is 12.5. The van der Waals surface area contributed by atoms with Gasteiger partial charge in [-0.15, -0.1) is 11.3 Å². The summed E-state index contributed by atoms with van der Waals surface area (Å²) in [6, 6.07) is 0.718. The molecule has 18 heavy (non-hydrogen) atoms. The summed E-state index contributed by atoms with van der Waals surface area (Å²) in [4.78, 5) is 14.8. The second-order valence-electron chi connectivity index (χ2n) is 3.68. The molecule has 8 heteroatoms. The molecule has 7 nitrogen and oxygen atoms in total. The Balaban J connectivity index is 1.96.